The molecule has 0 aliphatic carbocycles. The van der Waals surface area contributed by atoms with Gasteiger partial charge in [0.25, 0.3) is 0 Å². The predicted molar refractivity (Wildman–Crippen MR) is 138 cm³/mol. The van der Waals surface area contributed by atoms with Crippen LogP contribution in [0, 0.1) is 11.3 Å². The smallest absolute Gasteiger partial charge is 0.323 e. The third-order valence-electron chi connectivity index (χ3n) is 7.44. The van der Waals surface area contributed by atoms with Crippen molar-refractivity contribution in [2.45, 2.75) is 38.6 Å². The summed E-state index contributed by atoms with van der Waals surface area (Å²) in [6, 6.07) is -0.0700. The van der Waals surface area contributed by atoms with Gasteiger partial charge in [0.2, 0.25) is 0 Å². The maximum absolute atomic E-state index is 13.0. The van der Waals surface area contributed by atoms with Crippen LogP contribution < -0.4 is 5.32 Å². The van der Waals surface area contributed by atoms with E-state index in [2.05, 4.69) is 26.6 Å². The summed E-state index contributed by atoms with van der Waals surface area (Å²) < 4.78 is 14.1. The van der Waals surface area contributed by atoms with Gasteiger partial charge in [-0.3, -0.25) is 15.0 Å². The molecule has 3 aromatic rings. The van der Waals surface area contributed by atoms with Gasteiger partial charge in [-0.05, 0) is 37.5 Å². The van der Waals surface area contributed by atoms with Crippen molar-refractivity contribution in [1.82, 2.24) is 24.6 Å². The van der Waals surface area contributed by atoms with Gasteiger partial charge in [0.05, 0.1) is 23.7 Å². The number of aromatic nitrogens is 4. The first-order valence-electron chi connectivity index (χ1n) is 12.6. The lowest BCUT2D eigenvalue weighted by Gasteiger charge is -2.33. The SMILES string of the molecule is CO.O=C(Nc1nc2cncc(-c3cnn(C[C@@H]4CCCOC4)c3)c2s1)N1CCC2(CCOCC2)C1. The van der Waals surface area contributed by atoms with Crippen LogP contribution in [-0.4, -0.2) is 82.4 Å². The summed E-state index contributed by atoms with van der Waals surface area (Å²) in [7, 11) is 1.00. The number of carbonyl (C=O) groups excluding carboxylic acids is 1. The number of hydrogen-bond acceptors (Lipinski definition) is 8. The zero-order chi connectivity index (χ0) is 25.0. The number of anilines is 1. The van der Waals surface area contributed by atoms with Crippen molar-refractivity contribution in [1.29, 1.82) is 0 Å². The highest BCUT2D eigenvalue weighted by Crippen LogP contribution is 2.40. The molecule has 0 aromatic carbocycles. The Morgan fingerprint density at radius 3 is 2.86 bits per heavy atom. The molecule has 1 atom stereocenters. The number of thiazole rings is 1. The Labute approximate surface area is 214 Å². The van der Waals surface area contributed by atoms with Gasteiger partial charge in [-0.2, -0.15) is 5.10 Å². The third kappa shape index (κ3) is 5.39. The molecule has 3 aliphatic heterocycles. The third-order valence-corrected chi connectivity index (χ3v) is 8.46. The number of nitrogens with one attached hydrogen (secondary N) is 1. The monoisotopic (exact) mass is 514 g/mol. The highest BCUT2D eigenvalue weighted by atomic mass is 32.1. The molecular formula is C25H34N6O4S. The molecule has 6 heterocycles. The summed E-state index contributed by atoms with van der Waals surface area (Å²) in [6.45, 7) is 5.71. The number of pyridine rings is 1. The van der Waals surface area contributed by atoms with Crippen molar-refractivity contribution in [3.8, 4) is 11.1 Å². The Kier molecular flexibility index (Phi) is 7.80. The molecule has 0 radical (unpaired) electrons. The Morgan fingerprint density at radius 1 is 1.19 bits per heavy atom. The molecular weight excluding hydrogens is 480 g/mol. The number of hydrogen-bond donors (Lipinski definition) is 2. The van der Waals surface area contributed by atoms with Crippen molar-refractivity contribution in [2.24, 2.45) is 11.3 Å². The number of carbonyl (C=O) groups is 1. The van der Waals surface area contributed by atoms with Crippen LogP contribution in [0.3, 0.4) is 0 Å². The number of likely N-dealkylation sites (tertiary alicyclic amines) is 1. The van der Waals surface area contributed by atoms with Gasteiger partial charge in [-0.1, -0.05) is 11.3 Å². The van der Waals surface area contributed by atoms with Gasteiger partial charge in [-0.25, -0.2) is 9.78 Å². The number of urea groups is 1. The normalized spacial score (nSPS) is 21.4. The molecule has 36 heavy (non-hydrogen) atoms. The second kappa shape index (κ2) is 11.2. The van der Waals surface area contributed by atoms with Crippen molar-refractivity contribution >= 4 is 32.7 Å². The predicted octanol–water partition coefficient (Wildman–Crippen LogP) is 3.62. The standard InChI is InChI=1S/C24H30N6O3S.CH4O/c31-23(29-6-3-24(16-29)4-8-32-9-5-24)28-22-27-20-12-25-11-19(21(20)34-22)18-10-26-30(14-18)13-17-2-1-7-33-15-17;1-2/h10-12,14,17H,1-9,13,15-16H2,(H,27,28,31);2H,1H3/t17-;/m0./s1. The molecule has 3 aliphatic rings. The lowest BCUT2D eigenvalue weighted by atomic mass is 9.80. The average Bonchev–Trinajstić information content (AvgIpc) is 3.65. The number of rotatable bonds is 4. The van der Waals surface area contributed by atoms with Gasteiger partial charge in [0, 0.05) is 76.0 Å². The minimum atomic E-state index is -0.0700. The largest absolute Gasteiger partial charge is 0.400 e. The summed E-state index contributed by atoms with van der Waals surface area (Å²) in [5.41, 5.74) is 3.01. The molecule has 3 saturated heterocycles. The second-order valence-electron chi connectivity index (χ2n) is 9.80. The van der Waals surface area contributed by atoms with Crippen LogP contribution in [0.1, 0.15) is 32.1 Å². The van der Waals surface area contributed by atoms with Crippen molar-refractivity contribution in [3.63, 3.8) is 0 Å². The number of amides is 2. The maximum atomic E-state index is 13.0. The second-order valence-corrected chi connectivity index (χ2v) is 10.8. The Bertz CT molecular complexity index is 1170. The van der Waals surface area contributed by atoms with Crippen LogP contribution in [0.4, 0.5) is 9.93 Å². The quantitative estimate of drug-likeness (QED) is 0.546. The summed E-state index contributed by atoms with van der Waals surface area (Å²) in [6.07, 6.45) is 13.0. The summed E-state index contributed by atoms with van der Waals surface area (Å²) in [5, 5.41) is 15.2. The van der Waals surface area contributed by atoms with Crippen LogP contribution in [0.5, 0.6) is 0 Å². The van der Waals surface area contributed by atoms with Crippen molar-refractivity contribution in [2.75, 3.05) is 51.9 Å². The van der Waals surface area contributed by atoms with E-state index >= 15 is 0 Å². The van der Waals surface area contributed by atoms with Crippen LogP contribution in [0.2, 0.25) is 0 Å². The van der Waals surface area contributed by atoms with Crippen LogP contribution in [-0.2, 0) is 16.0 Å². The molecule has 0 unspecified atom stereocenters. The fraction of sp³-hybridized carbons (Fsp3) is 0.600. The van der Waals surface area contributed by atoms with E-state index in [1.165, 1.54) is 17.8 Å². The van der Waals surface area contributed by atoms with Gasteiger partial charge in [0.1, 0.15) is 5.52 Å². The molecule has 194 valence electrons. The van der Waals surface area contributed by atoms with Gasteiger partial charge >= 0.3 is 6.03 Å². The number of aliphatic hydroxyl groups excluding tert-OH is 1. The lowest BCUT2D eigenvalue weighted by molar-refractivity contribution is 0.0211. The van der Waals surface area contributed by atoms with E-state index in [0.717, 1.165) is 100 Å². The minimum absolute atomic E-state index is 0.0700. The molecule has 0 saturated carbocycles. The molecule has 0 bridgehead atoms. The number of ether oxygens (including phenoxy) is 2. The molecule has 1 spiro atoms. The lowest BCUT2D eigenvalue weighted by Crippen LogP contribution is -2.37. The molecule has 11 heteroatoms. The first-order valence-corrected chi connectivity index (χ1v) is 13.4. The number of fused-ring (bicyclic) bond motifs is 1. The highest BCUT2D eigenvalue weighted by molar-refractivity contribution is 7.22. The van der Waals surface area contributed by atoms with Crippen LogP contribution >= 0.6 is 11.3 Å². The highest BCUT2D eigenvalue weighted by Gasteiger charge is 2.41. The van der Waals surface area contributed by atoms with Crippen molar-refractivity contribution < 1.29 is 19.4 Å². The van der Waals surface area contributed by atoms with Gasteiger partial charge in [0.15, 0.2) is 5.13 Å². The van der Waals surface area contributed by atoms with E-state index < -0.39 is 0 Å². The summed E-state index contributed by atoms with van der Waals surface area (Å²) in [5.74, 6) is 0.506. The van der Waals surface area contributed by atoms with Crippen molar-refractivity contribution in [3.05, 3.63) is 24.8 Å². The van der Waals surface area contributed by atoms with Gasteiger partial charge < -0.3 is 19.5 Å². The molecule has 2 amide bonds. The fourth-order valence-electron chi connectivity index (χ4n) is 5.42. The average molecular weight is 515 g/mol. The summed E-state index contributed by atoms with van der Waals surface area (Å²) >= 11 is 1.49. The zero-order valence-electron chi connectivity index (χ0n) is 20.7. The topological polar surface area (TPSA) is 115 Å². The fourth-order valence-corrected chi connectivity index (χ4v) is 6.38. The molecule has 2 N–H and O–H groups in total. The van der Waals surface area contributed by atoms with E-state index in [1.54, 1.807) is 6.20 Å². The molecule has 6 rings (SSSR count). The number of nitrogens with zero attached hydrogens (tertiary/aromatic N) is 5. The van der Waals surface area contributed by atoms with E-state index in [-0.39, 0.29) is 11.4 Å². The Morgan fingerprint density at radius 2 is 2.06 bits per heavy atom. The van der Waals surface area contributed by atoms with Crippen LogP contribution in [0.15, 0.2) is 24.8 Å². The maximum Gasteiger partial charge on any atom is 0.323 e. The van der Waals surface area contributed by atoms with E-state index in [9.17, 15) is 4.79 Å². The first-order chi connectivity index (χ1) is 17.7. The number of aliphatic hydroxyl groups is 1. The van der Waals surface area contributed by atoms with Gasteiger partial charge in [-0.15, -0.1) is 0 Å². The Hall–Kier alpha value is -2.60. The zero-order valence-corrected chi connectivity index (χ0v) is 21.5. The molecule has 3 aromatic heterocycles. The van der Waals surface area contributed by atoms with Crippen LogP contribution in [0.25, 0.3) is 21.3 Å². The van der Waals surface area contributed by atoms with E-state index in [0.29, 0.717) is 11.0 Å². The minimum Gasteiger partial charge on any atom is -0.400 e. The summed E-state index contributed by atoms with van der Waals surface area (Å²) in [4.78, 5) is 23.9. The molecule has 3 fully saturated rings. The first kappa shape index (κ1) is 25.1. The van der Waals surface area contributed by atoms with E-state index in [4.69, 9.17) is 14.6 Å². The van der Waals surface area contributed by atoms with E-state index in [1.807, 2.05) is 22.0 Å². The Balaban J connectivity index is 0.00000130. The molecule has 10 nitrogen and oxygen atoms in total.